The lowest BCUT2D eigenvalue weighted by molar-refractivity contribution is -0.149. The Morgan fingerprint density at radius 2 is 1.79 bits per heavy atom. The van der Waals surface area contributed by atoms with Gasteiger partial charge in [0, 0.05) is 12.0 Å². The number of ether oxygens (including phenoxy) is 2. The summed E-state index contributed by atoms with van der Waals surface area (Å²) in [7, 11) is 1.60. The summed E-state index contributed by atoms with van der Waals surface area (Å²) in [5.74, 6) is -0.101. The fourth-order valence-corrected chi connectivity index (χ4v) is 4.54. The monoisotopic (exact) mass is 467 g/mol. The summed E-state index contributed by atoms with van der Waals surface area (Å²) in [6.07, 6.45) is 1.73. The molecular formula is C26H30FN3O4. The minimum Gasteiger partial charge on any atom is -0.497 e. The second-order valence-corrected chi connectivity index (χ2v) is 8.56. The molecule has 0 radical (unpaired) electrons. The van der Waals surface area contributed by atoms with E-state index in [1.807, 2.05) is 29.2 Å². The average molecular weight is 468 g/mol. The number of carbonyl (C=O) groups excluding carboxylic acids is 2. The van der Waals surface area contributed by atoms with Crippen molar-refractivity contribution in [1.82, 2.24) is 9.91 Å². The van der Waals surface area contributed by atoms with Crippen LogP contribution >= 0.6 is 0 Å². The Balaban J connectivity index is 1.50. The van der Waals surface area contributed by atoms with Gasteiger partial charge in [0.25, 0.3) is 5.91 Å². The number of nitrogens with zero attached hydrogens (tertiary/aromatic N) is 3. The third-order valence-corrected chi connectivity index (χ3v) is 6.42. The summed E-state index contributed by atoms with van der Waals surface area (Å²) >= 11 is 0. The topological polar surface area (TPSA) is 71.4 Å². The van der Waals surface area contributed by atoms with Gasteiger partial charge < -0.3 is 9.47 Å². The quantitative estimate of drug-likeness (QED) is 0.580. The molecule has 1 saturated heterocycles. The van der Waals surface area contributed by atoms with Crippen molar-refractivity contribution < 1.29 is 23.5 Å². The van der Waals surface area contributed by atoms with E-state index >= 15 is 0 Å². The summed E-state index contributed by atoms with van der Waals surface area (Å²) in [4.78, 5) is 27.4. The van der Waals surface area contributed by atoms with Gasteiger partial charge in [-0.3, -0.25) is 14.5 Å². The number of amides is 1. The molecule has 0 spiro atoms. The van der Waals surface area contributed by atoms with Crippen LogP contribution in [-0.4, -0.2) is 60.8 Å². The average Bonchev–Trinajstić information content (AvgIpc) is 3.30. The largest absolute Gasteiger partial charge is 0.497 e. The van der Waals surface area contributed by atoms with E-state index < -0.39 is 6.04 Å². The second-order valence-electron chi connectivity index (χ2n) is 8.56. The smallest absolute Gasteiger partial charge is 0.309 e. The Hall–Kier alpha value is -3.26. The van der Waals surface area contributed by atoms with Crippen LogP contribution in [0.2, 0.25) is 0 Å². The Morgan fingerprint density at radius 1 is 1.09 bits per heavy atom. The normalized spacial score (nSPS) is 19.1. The number of benzene rings is 2. The van der Waals surface area contributed by atoms with E-state index in [1.54, 1.807) is 32.2 Å². The zero-order valence-electron chi connectivity index (χ0n) is 19.6. The van der Waals surface area contributed by atoms with Crippen molar-refractivity contribution >= 4 is 17.6 Å². The van der Waals surface area contributed by atoms with Crippen LogP contribution in [0.4, 0.5) is 4.39 Å². The number of carbonyl (C=O) groups is 2. The van der Waals surface area contributed by atoms with Gasteiger partial charge in [-0.1, -0.05) is 18.2 Å². The Kier molecular flexibility index (Phi) is 7.57. The number of likely N-dealkylation sites (tertiary alicyclic amines) is 1. The lowest BCUT2D eigenvalue weighted by atomic mass is 9.96. The molecule has 1 unspecified atom stereocenters. The lowest BCUT2D eigenvalue weighted by Crippen LogP contribution is -2.43. The number of rotatable bonds is 7. The molecule has 2 aliphatic rings. The van der Waals surface area contributed by atoms with Crippen LogP contribution in [0.25, 0.3) is 0 Å². The van der Waals surface area contributed by atoms with E-state index in [2.05, 4.69) is 5.10 Å². The maximum atomic E-state index is 14.7. The van der Waals surface area contributed by atoms with Gasteiger partial charge in [-0.05, 0) is 68.8 Å². The van der Waals surface area contributed by atoms with Crippen molar-refractivity contribution in [1.29, 1.82) is 0 Å². The Morgan fingerprint density at radius 3 is 2.44 bits per heavy atom. The van der Waals surface area contributed by atoms with Crippen LogP contribution in [0.15, 0.2) is 53.6 Å². The first-order valence-corrected chi connectivity index (χ1v) is 11.7. The van der Waals surface area contributed by atoms with Crippen molar-refractivity contribution in [3.8, 4) is 5.75 Å². The molecule has 0 saturated carbocycles. The van der Waals surface area contributed by atoms with Crippen molar-refractivity contribution in [2.75, 3.05) is 33.4 Å². The third-order valence-electron chi connectivity index (χ3n) is 6.42. The van der Waals surface area contributed by atoms with E-state index in [-0.39, 0.29) is 30.2 Å². The molecule has 2 aliphatic heterocycles. The van der Waals surface area contributed by atoms with E-state index in [9.17, 15) is 14.0 Å². The summed E-state index contributed by atoms with van der Waals surface area (Å²) in [5.41, 5.74) is 2.04. The predicted molar refractivity (Wildman–Crippen MR) is 126 cm³/mol. The molecule has 1 fully saturated rings. The summed E-state index contributed by atoms with van der Waals surface area (Å²) in [6.45, 7) is 3.59. The van der Waals surface area contributed by atoms with Crippen LogP contribution in [0.1, 0.15) is 43.4 Å². The number of hydrogen-bond donors (Lipinski definition) is 0. The molecule has 0 aliphatic carbocycles. The highest BCUT2D eigenvalue weighted by molar-refractivity contribution is 6.03. The van der Waals surface area contributed by atoms with Crippen LogP contribution in [0.3, 0.4) is 0 Å². The molecule has 2 aromatic rings. The van der Waals surface area contributed by atoms with Crippen LogP contribution in [0.5, 0.6) is 5.75 Å². The van der Waals surface area contributed by atoms with Gasteiger partial charge in [-0.15, -0.1) is 0 Å². The molecule has 34 heavy (non-hydrogen) atoms. The standard InChI is InChI=1S/C26H30FN3O4/c1-3-34-26(32)19-12-14-29(15-13-19)17-25(31)30-24(21-6-4-5-7-22(21)27)16-23(28-30)18-8-10-20(33-2)11-9-18/h4-11,19,24H,3,12-17H2,1-2H3. The zero-order chi connectivity index (χ0) is 24.1. The molecule has 0 N–H and O–H groups in total. The van der Waals surface area contributed by atoms with Gasteiger partial charge >= 0.3 is 5.97 Å². The number of halogens is 1. The minimum absolute atomic E-state index is 0.121. The molecule has 4 rings (SSSR count). The zero-order valence-corrected chi connectivity index (χ0v) is 19.6. The molecule has 0 aromatic heterocycles. The van der Waals surface area contributed by atoms with E-state index in [0.717, 1.165) is 17.0 Å². The summed E-state index contributed by atoms with van der Waals surface area (Å²) < 4.78 is 25.0. The van der Waals surface area contributed by atoms with Gasteiger partial charge in [0.05, 0.1) is 37.9 Å². The number of methoxy groups -OCH3 is 1. The second kappa shape index (κ2) is 10.8. The molecule has 1 atom stereocenters. The fourth-order valence-electron chi connectivity index (χ4n) is 4.54. The van der Waals surface area contributed by atoms with Crippen molar-refractivity contribution in [2.45, 2.75) is 32.2 Å². The highest BCUT2D eigenvalue weighted by Gasteiger charge is 2.36. The third kappa shape index (κ3) is 5.28. The lowest BCUT2D eigenvalue weighted by Gasteiger charge is -2.32. The first-order chi connectivity index (χ1) is 16.5. The van der Waals surface area contributed by atoms with Crippen LogP contribution < -0.4 is 4.74 Å². The minimum atomic E-state index is -0.511. The van der Waals surface area contributed by atoms with Crippen molar-refractivity contribution in [2.24, 2.45) is 11.0 Å². The van der Waals surface area contributed by atoms with Crippen molar-refractivity contribution in [3.63, 3.8) is 0 Å². The Labute approximate surface area is 199 Å². The SMILES string of the molecule is CCOC(=O)C1CCN(CC(=O)N2N=C(c3ccc(OC)cc3)CC2c2ccccc2F)CC1. The number of hydrogen-bond acceptors (Lipinski definition) is 6. The number of piperidine rings is 1. The van der Waals surface area contributed by atoms with Gasteiger partial charge in [0.15, 0.2) is 0 Å². The molecule has 180 valence electrons. The molecule has 7 nitrogen and oxygen atoms in total. The fraction of sp³-hybridized carbons (Fsp3) is 0.423. The van der Waals surface area contributed by atoms with Gasteiger partial charge in [-0.2, -0.15) is 5.10 Å². The van der Waals surface area contributed by atoms with E-state index in [1.165, 1.54) is 11.1 Å². The molecular weight excluding hydrogens is 437 g/mol. The van der Waals surface area contributed by atoms with Gasteiger partial charge in [0.1, 0.15) is 11.6 Å². The van der Waals surface area contributed by atoms with E-state index in [0.29, 0.717) is 44.5 Å². The van der Waals surface area contributed by atoms with E-state index in [4.69, 9.17) is 9.47 Å². The highest BCUT2D eigenvalue weighted by atomic mass is 19.1. The van der Waals surface area contributed by atoms with Crippen molar-refractivity contribution in [3.05, 3.63) is 65.5 Å². The highest BCUT2D eigenvalue weighted by Crippen LogP contribution is 2.34. The molecule has 2 aromatic carbocycles. The molecule has 1 amide bonds. The Bertz CT molecular complexity index is 1050. The summed E-state index contributed by atoms with van der Waals surface area (Å²) in [5, 5.41) is 6.06. The first-order valence-electron chi connectivity index (χ1n) is 11.7. The van der Waals surface area contributed by atoms with Gasteiger partial charge in [-0.25, -0.2) is 9.40 Å². The predicted octanol–water partition coefficient (Wildman–Crippen LogP) is 3.79. The number of hydrazone groups is 1. The first kappa shape index (κ1) is 23.9. The van der Waals surface area contributed by atoms with Crippen LogP contribution in [0, 0.1) is 11.7 Å². The summed E-state index contributed by atoms with van der Waals surface area (Å²) in [6, 6.07) is 13.5. The maximum Gasteiger partial charge on any atom is 0.309 e. The molecule has 8 heteroatoms. The van der Waals surface area contributed by atoms with Gasteiger partial charge in [0.2, 0.25) is 0 Å². The molecule has 2 heterocycles. The maximum absolute atomic E-state index is 14.7. The molecule has 0 bridgehead atoms. The number of esters is 1. The van der Waals surface area contributed by atoms with Crippen LogP contribution in [-0.2, 0) is 14.3 Å².